The second kappa shape index (κ2) is 11.4. The number of rotatable bonds is 8. The molecule has 158 valence electrons. The molecule has 8 nitrogen and oxygen atoms in total. The van der Waals surface area contributed by atoms with Gasteiger partial charge in [-0.05, 0) is 44.0 Å². The molecule has 30 heavy (non-hydrogen) atoms. The SMILES string of the molecule is CC[C@H](C)NC(=O)C(=O)N/N=C\c1ccccc1OCC(=O)Nc1ccccc1C. The number of para-hydroxylation sites is 2. The van der Waals surface area contributed by atoms with E-state index >= 15 is 0 Å². The number of carbonyl (C=O) groups is 3. The highest BCUT2D eigenvalue weighted by Crippen LogP contribution is 2.16. The van der Waals surface area contributed by atoms with Crippen molar-refractivity contribution in [2.24, 2.45) is 5.10 Å². The molecule has 3 amide bonds. The summed E-state index contributed by atoms with van der Waals surface area (Å²) in [7, 11) is 0. The molecule has 0 fully saturated rings. The first-order chi connectivity index (χ1) is 14.4. The fraction of sp³-hybridized carbons (Fsp3) is 0.273. The number of nitrogens with one attached hydrogen (secondary N) is 3. The number of ether oxygens (including phenoxy) is 1. The molecular weight excluding hydrogens is 384 g/mol. The quantitative estimate of drug-likeness (QED) is 0.353. The van der Waals surface area contributed by atoms with Crippen molar-refractivity contribution in [1.82, 2.24) is 10.7 Å². The Bertz CT molecular complexity index is 927. The van der Waals surface area contributed by atoms with E-state index in [2.05, 4.69) is 21.2 Å². The van der Waals surface area contributed by atoms with Crippen molar-refractivity contribution in [3.8, 4) is 5.75 Å². The van der Waals surface area contributed by atoms with Gasteiger partial charge in [-0.1, -0.05) is 37.3 Å². The summed E-state index contributed by atoms with van der Waals surface area (Å²) < 4.78 is 5.59. The molecule has 0 aliphatic heterocycles. The summed E-state index contributed by atoms with van der Waals surface area (Å²) in [6, 6.07) is 14.3. The van der Waals surface area contributed by atoms with Crippen molar-refractivity contribution in [2.45, 2.75) is 33.2 Å². The van der Waals surface area contributed by atoms with E-state index in [-0.39, 0.29) is 18.6 Å². The minimum atomic E-state index is -0.859. The van der Waals surface area contributed by atoms with Crippen LogP contribution >= 0.6 is 0 Å². The van der Waals surface area contributed by atoms with Crippen LogP contribution in [0, 0.1) is 6.92 Å². The molecule has 2 aromatic rings. The highest BCUT2D eigenvalue weighted by atomic mass is 16.5. The van der Waals surface area contributed by atoms with E-state index in [4.69, 9.17) is 4.74 Å². The van der Waals surface area contributed by atoms with Crippen LogP contribution in [0.4, 0.5) is 5.69 Å². The maximum atomic E-state index is 12.2. The van der Waals surface area contributed by atoms with Crippen LogP contribution in [0.5, 0.6) is 5.75 Å². The normalized spacial score (nSPS) is 11.6. The Morgan fingerprint density at radius 1 is 1.07 bits per heavy atom. The van der Waals surface area contributed by atoms with E-state index in [9.17, 15) is 14.4 Å². The van der Waals surface area contributed by atoms with Gasteiger partial charge in [0.1, 0.15) is 5.75 Å². The Kier molecular flexibility index (Phi) is 8.56. The first-order valence-corrected chi connectivity index (χ1v) is 9.62. The van der Waals surface area contributed by atoms with Gasteiger partial charge in [0.05, 0.1) is 6.21 Å². The lowest BCUT2D eigenvalue weighted by Gasteiger charge is -2.11. The second-order valence-corrected chi connectivity index (χ2v) is 6.67. The summed E-state index contributed by atoms with van der Waals surface area (Å²) in [5.74, 6) is -1.49. The summed E-state index contributed by atoms with van der Waals surface area (Å²) in [6.07, 6.45) is 2.06. The number of hydrazone groups is 1. The second-order valence-electron chi connectivity index (χ2n) is 6.67. The van der Waals surface area contributed by atoms with E-state index < -0.39 is 11.8 Å². The van der Waals surface area contributed by atoms with Gasteiger partial charge < -0.3 is 15.4 Å². The Morgan fingerprint density at radius 2 is 1.77 bits per heavy atom. The minimum Gasteiger partial charge on any atom is -0.483 e. The van der Waals surface area contributed by atoms with Gasteiger partial charge in [0.2, 0.25) is 0 Å². The first kappa shape index (κ1) is 22.6. The van der Waals surface area contributed by atoms with Gasteiger partial charge >= 0.3 is 11.8 Å². The van der Waals surface area contributed by atoms with Crippen LogP contribution in [0.1, 0.15) is 31.4 Å². The van der Waals surface area contributed by atoms with Crippen LogP contribution in [0.15, 0.2) is 53.6 Å². The van der Waals surface area contributed by atoms with Crippen LogP contribution < -0.4 is 20.8 Å². The lowest BCUT2D eigenvalue weighted by atomic mass is 10.2. The molecular formula is C22H26N4O4. The van der Waals surface area contributed by atoms with Crippen molar-refractivity contribution < 1.29 is 19.1 Å². The Morgan fingerprint density at radius 3 is 2.50 bits per heavy atom. The molecule has 8 heteroatoms. The zero-order valence-electron chi connectivity index (χ0n) is 17.3. The van der Waals surface area contributed by atoms with E-state index in [1.165, 1.54) is 6.21 Å². The standard InChI is InChI=1S/C22H26N4O4/c1-4-16(3)24-21(28)22(29)26-23-13-17-10-6-8-12-19(17)30-14-20(27)25-18-11-7-5-9-15(18)2/h5-13,16H,4,14H2,1-3H3,(H,24,28)(H,25,27)(H,26,29)/b23-13-/t16-/m0/s1. The van der Waals surface area contributed by atoms with Crippen LogP contribution in [-0.2, 0) is 14.4 Å². The maximum absolute atomic E-state index is 12.2. The molecule has 0 radical (unpaired) electrons. The number of hydrogen-bond donors (Lipinski definition) is 3. The molecule has 0 aliphatic rings. The molecule has 2 aromatic carbocycles. The molecule has 0 aliphatic carbocycles. The average molecular weight is 410 g/mol. The van der Waals surface area contributed by atoms with Gasteiger partial charge in [-0.15, -0.1) is 0 Å². The molecule has 0 heterocycles. The minimum absolute atomic E-state index is 0.104. The third-order valence-corrected chi connectivity index (χ3v) is 4.26. The Hall–Kier alpha value is -3.68. The monoisotopic (exact) mass is 410 g/mol. The Balaban J connectivity index is 1.91. The number of anilines is 1. The zero-order valence-corrected chi connectivity index (χ0v) is 17.3. The first-order valence-electron chi connectivity index (χ1n) is 9.62. The molecule has 2 rings (SSSR count). The average Bonchev–Trinajstić information content (AvgIpc) is 2.74. The van der Waals surface area contributed by atoms with Crippen LogP contribution in [0.2, 0.25) is 0 Å². The molecule has 0 aromatic heterocycles. The van der Waals surface area contributed by atoms with E-state index in [0.717, 1.165) is 11.3 Å². The number of benzene rings is 2. The Labute approximate surface area is 175 Å². The van der Waals surface area contributed by atoms with Crippen molar-refractivity contribution in [3.05, 3.63) is 59.7 Å². The lowest BCUT2D eigenvalue weighted by Crippen LogP contribution is -2.41. The predicted octanol–water partition coefficient (Wildman–Crippen LogP) is 2.38. The highest BCUT2D eigenvalue weighted by molar-refractivity contribution is 6.35. The molecule has 0 unspecified atom stereocenters. The largest absolute Gasteiger partial charge is 0.483 e. The van der Waals surface area contributed by atoms with Gasteiger partial charge in [-0.2, -0.15) is 5.10 Å². The van der Waals surface area contributed by atoms with Gasteiger partial charge in [-0.25, -0.2) is 5.43 Å². The summed E-state index contributed by atoms with van der Waals surface area (Å²) in [5.41, 5.74) is 4.39. The van der Waals surface area contributed by atoms with Crippen molar-refractivity contribution in [3.63, 3.8) is 0 Å². The number of nitrogens with zero attached hydrogens (tertiary/aromatic N) is 1. The molecule has 0 spiro atoms. The van der Waals surface area contributed by atoms with Crippen LogP contribution in [-0.4, -0.2) is 36.6 Å². The number of hydrogen-bond acceptors (Lipinski definition) is 5. The van der Waals surface area contributed by atoms with Gasteiger partial charge in [0.15, 0.2) is 6.61 Å². The van der Waals surface area contributed by atoms with Crippen molar-refractivity contribution in [1.29, 1.82) is 0 Å². The topological polar surface area (TPSA) is 109 Å². The summed E-state index contributed by atoms with van der Waals surface area (Å²) in [5, 5.41) is 9.14. The number of carbonyl (C=O) groups excluding carboxylic acids is 3. The summed E-state index contributed by atoms with van der Waals surface area (Å²) in [4.78, 5) is 35.6. The van der Waals surface area contributed by atoms with Gasteiger partial charge in [-0.3, -0.25) is 14.4 Å². The third-order valence-electron chi connectivity index (χ3n) is 4.26. The van der Waals surface area contributed by atoms with Crippen molar-refractivity contribution in [2.75, 3.05) is 11.9 Å². The number of amides is 3. The predicted molar refractivity (Wildman–Crippen MR) is 115 cm³/mol. The zero-order chi connectivity index (χ0) is 21.9. The molecule has 3 N–H and O–H groups in total. The number of aryl methyl sites for hydroxylation is 1. The maximum Gasteiger partial charge on any atom is 0.329 e. The van der Waals surface area contributed by atoms with E-state index in [1.54, 1.807) is 31.2 Å². The van der Waals surface area contributed by atoms with Crippen LogP contribution in [0.25, 0.3) is 0 Å². The van der Waals surface area contributed by atoms with Gasteiger partial charge in [0.25, 0.3) is 5.91 Å². The van der Waals surface area contributed by atoms with Gasteiger partial charge in [0, 0.05) is 17.3 Å². The van der Waals surface area contributed by atoms with Crippen LogP contribution in [0.3, 0.4) is 0 Å². The summed E-state index contributed by atoms with van der Waals surface area (Å²) >= 11 is 0. The van der Waals surface area contributed by atoms with E-state index in [0.29, 0.717) is 17.7 Å². The fourth-order valence-corrected chi connectivity index (χ4v) is 2.36. The summed E-state index contributed by atoms with van der Waals surface area (Å²) in [6.45, 7) is 5.42. The highest BCUT2D eigenvalue weighted by Gasteiger charge is 2.14. The third kappa shape index (κ3) is 7.05. The molecule has 1 atom stereocenters. The lowest BCUT2D eigenvalue weighted by molar-refractivity contribution is -0.139. The molecule has 0 saturated heterocycles. The molecule has 0 saturated carbocycles. The van der Waals surface area contributed by atoms with E-state index in [1.807, 2.05) is 38.1 Å². The smallest absolute Gasteiger partial charge is 0.329 e. The van der Waals surface area contributed by atoms with Crippen molar-refractivity contribution >= 4 is 29.6 Å². The molecule has 0 bridgehead atoms. The fourth-order valence-electron chi connectivity index (χ4n) is 2.36.